The van der Waals surface area contributed by atoms with Gasteiger partial charge >= 0.3 is 11.7 Å². The molecule has 4 rings (SSSR count). The zero-order valence-corrected chi connectivity index (χ0v) is 17.1. The maximum absolute atomic E-state index is 12.9. The molecule has 30 heavy (non-hydrogen) atoms. The van der Waals surface area contributed by atoms with Crippen LogP contribution in [0.1, 0.15) is 37.3 Å². The summed E-state index contributed by atoms with van der Waals surface area (Å²) in [7, 11) is 1.43. The fourth-order valence-corrected chi connectivity index (χ4v) is 4.07. The quantitative estimate of drug-likeness (QED) is 0.578. The van der Waals surface area contributed by atoms with Gasteiger partial charge in [0.25, 0.3) is 0 Å². The third-order valence-electron chi connectivity index (χ3n) is 5.79. The van der Waals surface area contributed by atoms with Crippen molar-refractivity contribution in [2.24, 2.45) is 5.92 Å². The minimum atomic E-state index is -0.145. The van der Waals surface area contributed by atoms with Gasteiger partial charge in [-0.3, -0.25) is 13.9 Å². The number of nitrogens with zero attached hydrogens (tertiary/aromatic N) is 2. The standard InChI is InChI=1S/C24H26N2O4/c1-29-23(27)19-7-9-20(10-8-19)25-15-16-26(24(25)28)21-11-13-22(14-12-21)30-17-18-5-3-2-4-6-18/h2-6,11-16,19-20H,7-10,17H2,1H3. The Kier molecular flexibility index (Phi) is 6.02. The number of carbonyl (C=O) groups is 1. The van der Waals surface area contributed by atoms with Gasteiger partial charge in [0.1, 0.15) is 12.4 Å². The van der Waals surface area contributed by atoms with E-state index in [1.54, 1.807) is 15.3 Å². The van der Waals surface area contributed by atoms with Gasteiger partial charge < -0.3 is 9.47 Å². The van der Waals surface area contributed by atoms with E-state index in [0.29, 0.717) is 6.61 Å². The van der Waals surface area contributed by atoms with Crippen LogP contribution in [0, 0.1) is 5.92 Å². The number of hydrogen-bond acceptors (Lipinski definition) is 4. The molecular formula is C24H26N2O4. The highest BCUT2D eigenvalue weighted by molar-refractivity contribution is 5.72. The lowest BCUT2D eigenvalue weighted by atomic mass is 9.86. The third-order valence-corrected chi connectivity index (χ3v) is 5.79. The molecule has 1 aliphatic carbocycles. The first kappa shape index (κ1) is 20.0. The molecule has 0 amide bonds. The van der Waals surface area contributed by atoms with Gasteiger partial charge in [-0.15, -0.1) is 0 Å². The monoisotopic (exact) mass is 406 g/mol. The summed E-state index contributed by atoms with van der Waals surface area (Å²) in [6, 6.07) is 17.7. The molecule has 156 valence electrons. The van der Waals surface area contributed by atoms with Crippen molar-refractivity contribution in [2.45, 2.75) is 38.3 Å². The summed E-state index contributed by atoms with van der Waals surface area (Å²) in [5, 5.41) is 0. The molecule has 1 fully saturated rings. The molecule has 0 unspecified atom stereocenters. The molecule has 0 saturated heterocycles. The molecule has 0 N–H and O–H groups in total. The van der Waals surface area contributed by atoms with Crippen LogP contribution in [0.5, 0.6) is 5.75 Å². The highest BCUT2D eigenvalue weighted by atomic mass is 16.5. The van der Waals surface area contributed by atoms with Crippen molar-refractivity contribution in [1.29, 1.82) is 0 Å². The van der Waals surface area contributed by atoms with E-state index in [2.05, 4.69) is 0 Å². The largest absolute Gasteiger partial charge is 0.489 e. The fourth-order valence-electron chi connectivity index (χ4n) is 4.07. The maximum Gasteiger partial charge on any atom is 0.332 e. The van der Waals surface area contributed by atoms with Crippen LogP contribution in [0.2, 0.25) is 0 Å². The Morgan fingerprint density at radius 1 is 0.967 bits per heavy atom. The van der Waals surface area contributed by atoms with E-state index in [-0.39, 0.29) is 23.6 Å². The number of ether oxygens (including phenoxy) is 2. The van der Waals surface area contributed by atoms with Crippen molar-refractivity contribution in [3.63, 3.8) is 0 Å². The SMILES string of the molecule is COC(=O)C1CCC(n2ccn(-c3ccc(OCc4ccccc4)cc3)c2=O)CC1. The van der Waals surface area contributed by atoms with Crippen LogP contribution in [-0.2, 0) is 16.1 Å². The second kappa shape index (κ2) is 9.03. The van der Waals surface area contributed by atoms with Crippen molar-refractivity contribution in [2.75, 3.05) is 7.11 Å². The normalized spacial score (nSPS) is 18.7. The Bertz CT molecular complexity index is 1030. The number of rotatable bonds is 6. The van der Waals surface area contributed by atoms with Crippen molar-refractivity contribution >= 4 is 5.97 Å². The predicted molar refractivity (Wildman–Crippen MR) is 114 cm³/mol. The summed E-state index contributed by atoms with van der Waals surface area (Å²) in [5.74, 6) is 0.566. The highest BCUT2D eigenvalue weighted by Crippen LogP contribution is 2.32. The summed E-state index contributed by atoms with van der Waals surface area (Å²) in [6.45, 7) is 0.505. The Morgan fingerprint density at radius 3 is 2.33 bits per heavy atom. The molecule has 1 saturated carbocycles. The van der Waals surface area contributed by atoms with E-state index in [0.717, 1.165) is 42.7 Å². The highest BCUT2D eigenvalue weighted by Gasteiger charge is 2.28. The molecule has 0 atom stereocenters. The number of imidazole rings is 1. The van der Waals surface area contributed by atoms with Gasteiger partial charge in [-0.05, 0) is 55.5 Å². The van der Waals surface area contributed by atoms with Crippen molar-refractivity contribution in [3.8, 4) is 11.4 Å². The van der Waals surface area contributed by atoms with Gasteiger partial charge in [0.05, 0.1) is 18.7 Å². The first-order valence-electron chi connectivity index (χ1n) is 10.3. The molecule has 6 nitrogen and oxygen atoms in total. The van der Waals surface area contributed by atoms with E-state index >= 15 is 0 Å². The molecular weight excluding hydrogens is 380 g/mol. The first-order valence-corrected chi connectivity index (χ1v) is 10.3. The number of aromatic nitrogens is 2. The molecule has 6 heteroatoms. The number of benzene rings is 2. The molecule has 1 heterocycles. The summed E-state index contributed by atoms with van der Waals surface area (Å²) in [4.78, 5) is 24.7. The van der Waals surface area contributed by atoms with E-state index in [9.17, 15) is 9.59 Å². The molecule has 0 radical (unpaired) electrons. The average Bonchev–Trinajstić information content (AvgIpc) is 3.19. The van der Waals surface area contributed by atoms with Gasteiger partial charge in [-0.1, -0.05) is 30.3 Å². The number of hydrogen-bond donors (Lipinski definition) is 0. The Morgan fingerprint density at radius 2 is 1.67 bits per heavy atom. The first-order chi connectivity index (χ1) is 14.7. The summed E-state index contributed by atoms with van der Waals surface area (Å²) >= 11 is 0. The van der Waals surface area contributed by atoms with Gasteiger partial charge in [-0.2, -0.15) is 0 Å². The fraction of sp³-hybridized carbons (Fsp3) is 0.333. The summed E-state index contributed by atoms with van der Waals surface area (Å²) in [5.41, 5.74) is 1.85. The minimum absolute atomic E-state index is 0.0486. The molecule has 2 aromatic carbocycles. The van der Waals surface area contributed by atoms with E-state index in [1.807, 2.05) is 60.8 Å². The van der Waals surface area contributed by atoms with Crippen LogP contribution in [0.4, 0.5) is 0 Å². The second-order valence-corrected chi connectivity index (χ2v) is 7.65. The van der Waals surface area contributed by atoms with Crippen molar-refractivity contribution in [1.82, 2.24) is 9.13 Å². The van der Waals surface area contributed by atoms with Crippen molar-refractivity contribution < 1.29 is 14.3 Å². The topological polar surface area (TPSA) is 62.5 Å². The lowest BCUT2D eigenvalue weighted by Gasteiger charge is -2.27. The lowest BCUT2D eigenvalue weighted by Crippen LogP contribution is -2.30. The third kappa shape index (κ3) is 4.32. The number of carbonyl (C=O) groups excluding carboxylic acids is 1. The van der Waals surface area contributed by atoms with E-state index in [4.69, 9.17) is 9.47 Å². The molecule has 1 aromatic heterocycles. The molecule has 0 bridgehead atoms. The van der Waals surface area contributed by atoms with Crippen LogP contribution < -0.4 is 10.4 Å². The van der Waals surface area contributed by atoms with Gasteiger partial charge in [0.2, 0.25) is 0 Å². The Labute approximate surface area is 175 Å². The minimum Gasteiger partial charge on any atom is -0.489 e. The molecule has 0 aliphatic heterocycles. The average molecular weight is 406 g/mol. The number of methoxy groups -OCH3 is 1. The number of esters is 1. The van der Waals surface area contributed by atoms with E-state index in [1.165, 1.54) is 7.11 Å². The predicted octanol–water partition coefficient (Wildman–Crippen LogP) is 4.12. The second-order valence-electron chi connectivity index (χ2n) is 7.65. The molecule has 1 aliphatic rings. The summed E-state index contributed by atoms with van der Waals surface area (Å²) < 4.78 is 14.1. The van der Waals surface area contributed by atoms with Gasteiger partial charge in [-0.25, -0.2) is 4.79 Å². The van der Waals surface area contributed by atoms with Crippen LogP contribution in [0.25, 0.3) is 5.69 Å². The van der Waals surface area contributed by atoms with Crippen LogP contribution in [0.15, 0.2) is 71.8 Å². The van der Waals surface area contributed by atoms with E-state index < -0.39 is 0 Å². The molecule has 0 spiro atoms. The lowest BCUT2D eigenvalue weighted by molar-refractivity contribution is -0.146. The smallest absolute Gasteiger partial charge is 0.332 e. The van der Waals surface area contributed by atoms with Crippen molar-refractivity contribution in [3.05, 3.63) is 83.0 Å². The Balaban J connectivity index is 1.41. The molecule has 3 aromatic rings. The van der Waals surface area contributed by atoms with Gasteiger partial charge in [0.15, 0.2) is 0 Å². The zero-order chi connectivity index (χ0) is 20.9. The van der Waals surface area contributed by atoms with Crippen LogP contribution in [-0.4, -0.2) is 22.2 Å². The summed E-state index contributed by atoms with van der Waals surface area (Å²) in [6.07, 6.45) is 6.75. The maximum atomic E-state index is 12.9. The van der Waals surface area contributed by atoms with Crippen LogP contribution >= 0.6 is 0 Å². The zero-order valence-electron chi connectivity index (χ0n) is 17.1. The Hall–Kier alpha value is -3.28. The van der Waals surface area contributed by atoms with Gasteiger partial charge in [0, 0.05) is 18.4 Å². The van der Waals surface area contributed by atoms with Crippen LogP contribution in [0.3, 0.4) is 0 Å².